The van der Waals surface area contributed by atoms with Crippen LogP contribution < -0.4 is 10.6 Å². The van der Waals surface area contributed by atoms with E-state index in [-0.39, 0.29) is 11.8 Å². The second-order valence-electron chi connectivity index (χ2n) is 7.02. The highest BCUT2D eigenvalue weighted by molar-refractivity contribution is 5.95. The molecule has 0 atom stereocenters. The topological polar surface area (TPSA) is 88.4 Å². The van der Waals surface area contributed by atoms with E-state index in [9.17, 15) is 9.59 Å². The summed E-state index contributed by atoms with van der Waals surface area (Å²) >= 11 is 0. The van der Waals surface area contributed by atoms with Gasteiger partial charge in [0.2, 0.25) is 11.8 Å². The second-order valence-corrected chi connectivity index (χ2v) is 7.02. The maximum Gasteiger partial charge on any atom is 0.224 e. The van der Waals surface area contributed by atoms with Crippen LogP contribution in [-0.4, -0.2) is 26.4 Å². The van der Waals surface area contributed by atoms with Crippen molar-refractivity contribution < 1.29 is 9.59 Å². The third kappa shape index (κ3) is 4.03. The maximum absolute atomic E-state index is 12.5. The predicted octanol–water partition coefficient (Wildman–Crippen LogP) is 3.49. The van der Waals surface area contributed by atoms with Gasteiger partial charge in [0.05, 0.1) is 5.69 Å². The van der Waals surface area contributed by atoms with E-state index < -0.39 is 0 Å². The van der Waals surface area contributed by atoms with Gasteiger partial charge in [0.15, 0.2) is 5.65 Å². The van der Waals surface area contributed by atoms with Crippen LogP contribution >= 0.6 is 0 Å². The molecule has 2 amide bonds. The molecule has 2 aromatic heterocycles. The fourth-order valence-corrected chi connectivity index (χ4v) is 3.35. The molecule has 0 aliphatic rings. The normalized spacial score (nSPS) is 10.9. The molecule has 2 N–H and O–H groups in total. The molecule has 28 heavy (non-hydrogen) atoms. The fraction of sp³-hybridized carbons (Fsp3) is 0.333. The highest BCUT2D eigenvalue weighted by atomic mass is 16.2. The third-order valence-electron chi connectivity index (χ3n) is 4.81. The largest absolute Gasteiger partial charge is 0.326 e. The van der Waals surface area contributed by atoms with Crippen LogP contribution in [0.4, 0.5) is 11.4 Å². The van der Waals surface area contributed by atoms with Crippen molar-refractivity contribution in [3.05, 3.63) is 52.5 Å². The van der Waals surface area contributed by atoms with Gasteiger partial charge in [-0.15, -0.1) is 0 Å². The molecule has 3 rings (SSSR count). The van der Waals surface area contributed by atoms with Crippen molar-refractivity contribution in [1.29, 1.82) is 0 Å². The molecule has 0 unspecified atom stereocenters. The molecular formula is C21H25N5O2. The summed E-state index contributed by atoms with van der Waals surface area (Å²) in [4.78, 5) is 28.4. The summed E-state index contributed by atoms with van der Waals surface area (Å²) in [7, 11) is 0. The summed E-state index contributed by atoms with van der Waals surface area (Å²) in [6.07, 6.45) is 0.911. The highest BCUT2D eigenvalue weighted by Gasteiger charge is 2.14. The van der Waals surface area contributed by atoms with Crippen LogP contribution in [0.25, 0.3) is 5.65 Å². The Kier molecular flexibility index (Phi) is 5.44. The van der Waals surface area contributed by atoms with Gasteiger partial charge in [-0.3, -0.25) is 9.59 Å². The van der Waals surface area contributed by atoms with Crippen LogP contribution in [0, 0.1) is 27.7 Å². The zero-order valence-corrected chi connectivity index (χ0v) is 16.9. The lowest BCUT2D eigenvalue weighted by molar-refractivity contribution is -0.116. The van der Waals surface area contributed by atoms with Gasteiger partial charge in [0.25, 0.3) is 0 Å². The van der Waals surface area contributed by atoms with Gasteiger partial charge < -0.3 is 10.6 Å². The molecule has 0 aliphatic carbocycles. The quantitative estimate of drug-likeness (QED) is 0.710. The molecule has 3 aromatic rings. The second kappa shape index (κ2) is 7.80. The number of aryl methyl sites for hydroxylation is 3. The van der Waals surface area contributed by atoms with E-state index in [0.29, 0.717) is 24.2 Å². The number of nitrogens with one attached hydrogen (secondary N) is 2. The SMILES string of the molecule is CC(=O)Nc1cccc(NC(=O)CCc2c(C)nc3cc(C)nn3c2C)c1C. The Morgan fingerprint density at radius 2 is 1.75 bits per heavy atom. The van der Waals surface area contributed by atoms with Crippen LogP contribution in [0.1, 0.15) is 41.6 Å². The average molecular weight is 379 g/mol. The molecule has 0 spiro atoms. The Morgan fingerprint density at radius 1 is 1.07 bits per heavy atom. The van der Waals surface area contributed by atoms with Crippen molar-refractivity contribution in [2.24, 2.45) is 0 Å². The minimum atomic E-state index is -0.144. The Labute approximate surface area is 164 Å². The van der Waals surface area contributed by atoms with E-state index in [1.54, 1.807) is 6.07 Å². The lowest BCUT2D eigenvalue weighted by Gasteiger charge is -2.14. The first-order valence-corrected chi connectivity index (χ1v) is 9.25. The molecule has 0 bridgehead atoms. The average Bonchev–Trinajstić information content (AvgIpc) is 2.98. The van der Waals surface area contributed by atoms with Gasteiger partial charge >= 0.3 is 0 Å². The van der Waals surface area contributed by atoms with Gasteiger partial charge in [-0.2, -0.15) is 5.10 Å². The number of carbonyl (C=O) groups excluding carboxylic acids is 2. The van der Waals surface area contributed by atoms with Crippen molar-refractivity contribution in [1.82, 2.24) is 14.6 Å². The monoisotopic (exact) mass is 379 g/mol. The van der Waals surface area contributed by atoms with Gasteiger partial charge in [-0.05, 0) is 57.4 Å². The van der Waals surface area contributed by atoms with Gasteiger partial charge in [-0.25, -0.2) is 9.50 Å². The Hall–Kier alpha value is -3.22. The summed E-state index contributed by atoms with van der Waals surface area (Å²) in [5.41, 5.74) is 6.92. The number of nitrogens with zero attached hydrogens (tertiary/aromatic N) is 3. The smallest absolute Gasteiger partial charge is 0.224 e. The number of aromatic nitrogens is 3. The summed E-state index contributed by atoms with van der Waals surface area (Å²) in [5.74, 6) is -0.229. The molecule has 7 nitrogen and oxygen atoms in total. The van der Waals surface area contributed by atoms with E-state index >= 15 is 0 Å². The Balaban J connectivity index is 1.73. The lowest BCUT2D eigenvalue weighted by atomic mass is 10.1. The number of hydrogen-bond acceptors (Lipinski definition) is 4. The zero-order valence-electron chi connectivity index (χ0n) is 16.9. The van der Waals surface area contributed by atoms with Gasteiger partial charge in [0.1, 0.15) is 0 Å². The van der Waals surface area contributed by atoms with Crippen LogP contribution in [0.2, 0.25) is 0 Å². The standard InChI is InChI=1S/C21H25N5O2/c1-12-11-20-22-14(3)17(15(4)26(20)25-12)9-10-21(28)24-19-8-6-7-18(13(19)2)23-16(5)27/h6-8,11H,9-10H2,1-5H3,(H,23,27)(H,24,28). The molecular weight excluding hydrogens is 354 g/mol. The number of anilines is 2. The van der Waals surface area contributed by atoms with Crippen LogP contribution in [-0.2, 0) is 16.0 Å². The zero-order chi connectivity index (χ0) is 20.4. The number of amides is 2. The predicted molar refractivity (Wildman–Crippen MR) is 110 cm³/mol. The summed E-state index contributed by atoms with van der Waals surface area (Å²) in [5, 5.41) is 10.2. The number of carbonyl (C=O) groups is 2. The minimum Gasteiger partial charge on any atom is -0.326 e. The van der Waals surface area contributed by atoms with Crippen LogP contribution in [0.15, 0.2) is 24.3 Å². The van der Waals surface area contributed by atoms with Crippen molar-refractivity contribution in [3.8, 4) is 0 Å². The molecule has 0 fully saturated rings. The van der Waals surface area contributed by atoms with E-state index in [4.69, 9.17) is 0 Å². The Morgan fingerprint density at radius 3 is 2.43 bits per heavy atom. The first kappa shape index (κ1) is 19.5. The van der Waals surface area contributed by atoms with Crippen molar-refractivity contribution in [2.45, 2.75) is 47.5 Å². The molecule has 146 valence electrons. The first-order valence-electron chi connectivity index (χ1n) is 9.25. The highest BCUT2D eigenvalue weighted by Crippen LogP contribution is 2.24. The number of rotatable bonds is 5. The maximum atomic E-state index is 12.5. The van der Waals surface area contributed by atoms with Gasteiger partial charge in [0, 0.05) is 42.2 Å². The van der Waals surface area contributed by atoms with Crippen molar-refractivity contribution in [2.75, 3.05) is 10.6 Å². The number of hydrogen-bond donors (Lipinski definition) is 2. The first-order chi connectivity index (χ1) is 13.3. The molecule has 0 radical (unpaired) electrons. The van der Waals surface area contributed by atoms with E-state index in [2.05, 4.69) is 20.7 Å². The lowest BCUT2D eigenvalue weighted by Crippen LogP contribution is -2.16. The summed E-state index contributed by atoms with van der Waals surface area (Å²) < 4.78 is 1.83. The summed E-state index contributed by atoms with van der Waals surface area (Å²) in [6, 6.07) is 7.39. The molecule has 1 aromatic carbocycles. The summed E-state index contributed by atoms with van der Waals surface area (Å²) in [6.45, 7) is 9.23. The van der Waals surface area contributed by atoms with Gasteiger partial charge in [-0.1, -0.05) is 6.07 Å². The number of fused-ring (bicyclic) bond motifs is 1. The van der Waals surface area contributed by atoms with E-state index in [0.717, 1.165) is 33.9 Å². The van der Waals surface area contributed by atoms with Crippen LogP contribution in [0.3, 0.4) is 0 Å². The fourth-order valence-electron chi connectivity index (χ4n) is 3.35. The minimum absolute atomic E-state index is 0.0846. The third-order valence-corrected chi connectivity index (χ3v) is 4.81. The molecule has 7 heteroatoms. The van der Waals surface area contributed by atoms with E-state index in [1.807, 2.05) is 50.4 Å². The molecule has 0 aliphatic heterocycles. The molecule has 0 saturated heterocycles. The molecule has 0 saturated carbocycles. The van der Waals surface area contributed by atoms with Crippen LogP contribution in [0.5, 0.6) is 0 Å². The number of benzene rings is 1. The van der Waals surface area contributed by atoms with Crippen molar-refractivity contribution in [3.63, 3.8) is 0 Å². The Bertz CT molecular complexity index is 1070. The van der Waals surface area contributed by atoms with Crippen molar-refractivity contribution >= 4 is 28.8 Å². The van der Waals surface area contributed by atoms with E-state index in [1.165, 1.54) is 6.92 Å². The molecule has 2 heterocycles.